The van der Waals surface area contributed by atoms with Crippen molar-refractivity contribution in [3.05, 3.63) is 63.7 Å². The Bertz CT molecular complexity index is 991. The van der Waals surface area contributed by atoms with Crippen LogP contribution < -0.4 is 10.6 Å². The fourth-order valence-corrected chi connectivity index (χ4v) is 4.48. The number of aryl methyl sites for hydroxylation is 2. The number of carboxylic acids is 1. The molecule has 2 aromatic rings. The Morgan fingerprint density at radius 3 is 2.38 bits per heavy atom. The van der Waals surface area contributed by atoms with Crippen LogP contribution in [0.25, 0.3) is 0 Å². The monoisotopic (exact) mass is 389 g/mol. The van der Waals surface area contributed by atoms with Gasteiger partial charge in [0.1, 0.15) is 6.04 Å². The van der Waals surface area contributed by atoms with E-state index in [0.29, 0.717) is 11.1 Å². The van der Waals surface area contributed by atoms with Crippen molar-refractivity contribution >= 4 is 17.7 Å². The number of anilines is 1. The van der Waals surface area contributed by atoms with E-state index in [2.05, 4.69) is 16.7 Å². The van der Waals surface area contributed by atoms with E-state index in [9.17, 15) is 14.7 Å². The summed E-state index contributed by atoms with van der Waals surface area (Å²) in [5.41, 5.74) is 7.07. The minimum Gasteiger partial charge on any atom is -0.480 e. The highest BCUT2D eigenvalue weighted by Gasteiger charge is 2.26. The molecule has 2 aliphatic rings. The number of carbonyl (C=O) groups is 2. The van der Waals surface area contributed by atoms with Gasteiger partial charge in [-0.05, 0) is 78.5 Å². The topological polar surface area (TPSA) is 102 Å². The molecule has 3 N–H and O–H groups in total. The Hall–Kier alpha value is -3.33. The Kier molecular flexibility index (Phi) is 5.22. The third-order valence-electron chi connectivity index (χ3n) is 5.81. The fraction of sp³-hybridized carbons (Fsp3) is 0.348. The number of nitrogens with zero attached hydrogens (tertiary/aromatic N) is 1. The molecule has 0 aromatic heterocycles. The van der Waals surface area contributed by atoms with Crippen molar-refractivity contribution in [3.63, 3.8) is 0 Å². The van der Waals surface area contributed by atoms with Gasteiger partial charge in [0.25, 0.3) is 0 Å². The minimum atomic E-state index is -1.11. The van der Waals surface area contributed by atoms with E-state index in [-0.39, 0.29) is 6.42 Å². The lowest BCUT2D eigenvalue weighted by Gasteiger charge is -2.19. The molecule has 0 aliphatic heterocycles. The van der Waals surface area contributed by atoms with E-state index in [1.807, 2.05) is 6.07 Å². The van der Waals surface area contributed by atoms with Crippen LogP contribution in [0.2, 0.25) is 0 Å². The van der Waals surface area contributed by atoms with E-state index in [1.165, 1.54) is 22.3 Å². The van der Waals surface area contributed by atoms with Crippen LogP contribution in [-0.2, 0) is 36.9 Å². The molecule has 0 saturated heterocycles. The van der Waals surface area contributed by atoms with Gasteiger partial charge < -0.3 is 15.7 Å². The number of carbonyl (C=O) groups excluding carboxylic acids is 1. The summed E-state index contributed by atoms with van der Waals surface area (Å²) in [7, 11) is 0. The second-order valence-electron chi connectivity index (χ2n) is 7.74. The number of carboxylic acid groups (broad SMARTS) is 1. The van der Waals surface area contributed by atoms with E-state index in [1.54, 1.807) is 24.3 Å². The Balaban J connectivity index is 1.51. The third kappa shape index (κ3) is 3.95. The van der Waals surface area contributed by atoms with Gasteiger partial charge in [-0.1, -0.05) is 18.2 Å². The summed E-state index contributed by atoms with van der Waals surface area (Å²) in [5, 5.41) is 24.2. The Morgan fingerprint density at radius 1 is 1.07 bits per heavy atom. The Labute approximate surface area is 169 Å². The molecule has 2 aliphatic carbocycles. The largest absolute Gasteiger partial charge is 0.480 e. The molecule has 0 unspecified atom stereocenters. The highest BCUT2D eigenvalue weighted by Crippen LogP contribution is 2.38. The summed E-state index contributed by atoms with van der Waals surface area (Å²) in [6, 6.07) is 9.54. The fourth-order valence-electron chi connectivity index (χ4n) is 4.48. The van der Waals surface area contributed by atoms with Crippen molar-refractivity contribution < 1.29 is 14.7 Å². The standard InChI is InChI=1S/C23H23N3O3/c24-13-15-5-1-4-14(10-15)11-20(22(27)28)25-23(29)26-21-18-8-2-6-16(18)12-17-7-3-9-19(17)21/h1,4-5,10,12,20H,2-3,6-9,11H2,(H,27,28)(H2,25,26,29)/t20-/m1/s1. The maximum absolute atomic E-state index is 12.7. The molecule has 0 heterocycles. The molecule has 2 aromatic carbocycles. The number of nitriles is 1. The lowest BCUT2D eigenvalue weighted by molar-refractivity contribution is -0.139. The smallest absolute Gasteiger partial charge is 0.326 e. The number of aliphatic carboxylic acids is 1. The van der Waals surface area contributed by atoms with Crippen LogP contribution in [-0.4, -0.2) is 23.1 Å². The number of hydrogen-bond acceptors (Lipinski definition) is 3. The Morgan fingerprint density at radius 2 is 1.76 bits per heavy atom. The van der Waals surface area contributed by atoms with Crippen molar-refractivity contribution in [2.24, 2.45) is 0 Å². The van der Waals surface area contributed by atoms with Crippen molar-refractivity contribution in [1.29, 1.82) is 5.26 Å². The highest BCUT2D eigenvalue weighted by molar-refractivity contribution is 5.94. The zero-order chi connectivity index (χ0) is 20.4. The van der Waals surface area contributed by atoms with Gasteiger partial charge in [0.15, 0.2) is 0 Å². The summed E-state index contributed by atoms with van der Waals surface area (Å²) >= 11 is 0. The molecule has 6 heteroatoms. The average molecular weight is 389 g/mol. The van der Waals surface area contributed by atoms with Crippen LogP contribution in [0.3, 0.4) is 0 Å². The molecule has 6 nitrogen and oxygen atoms in total. The molecular formula is C23H23N3O3. The van der Waals surface area contributed by atoms with E-state index >= 15 is 0 Å². The molecular weight excluding hydrogens is 366 g/mol. The maximum atomic E-state index is 12.7. The number of rotatable bonds is 5. The molecule has 2 amide bonds. The molecule has 0 bridgehead atoms. The third-order valence-corrected chi connectivity index (χ3v) is 5.81. The predicted molar refractivity (Wildman–Crippen MR) is 109 cm³/mol. The quantitative estimate of drug-likeness (QED) is 0.730. The summed E-state index contributed by atoms with van der Waals surface area (Å²) in [6.07, 6.45) is 6.24. The van der Waals surface area contributed by atoms with Gasteiger partial charge in [-0.25, -0.2) is 9.59 Å². The lowest BCUT2D eigenvalue weighted by atomic mass is 9.99. The van der Waals surface area contributed by atoms with Gasteiger partial charge in [-0.15, -0.1) is 0 Å². The first-order valence-electron chi connectivity index (χ1n) is 10.0. The first kappa shape index (κ1) is 19.0. The van der Waals surface area contributed by atoms with Crippen LogP contribution in [0.5, 0.6) is 0 Å². The van der Waals surface area contributed by atoms with Gasteiger partial charge in [0, 0.05) is 12.1 Å². The predicted octanol–water partition coefficient (Wildman–Crippen LogP) is 3.35. The first-order chi connectivity index (χ1) is 14.0. The van der Waals surface area contributed by atoms with Gasteiger partial charge >= 0.3 is 12.0 Å². The molecule has 1 atom stereocenters. The second kappa shape index (κ2) is 7.96. The minimum absolute atomic E-state index is 0.114. The van der Waals surface area contributed by atoms with Crippen molar-refractivity contribution in [2.45, 2.75) is 51.0 Å². The first-order valence-corrected chi connectivity index (χ1v) is 10.0. The van der Waals surface area contributed by atoms with Crippen LogP contribution in [0.4, 0.5) is 10.5 Å². The normalized spacial score (nSPS) is 15.1. The van der Waals surface area contributed by atoms with Crippen LogP contribution in [0.15, 0.2) is 30.3 Å². The lowest BCUT2D eigenvalue weighted by Crippen LogP contribution is -2.44. The van der Waals surface area contributed by atoms with E-state index in [4.69, 9.17) is 5.26 Å². The molecule has 4 rings (SSSR count). The maximum Gasteiger partial charge on any atom is 0.326 e. The van der Waals surface area contributed by atoms with Crippen LogP contribution >= 0.6 is 0 Å². The van der Waals surface area contributed by atoms with Crippen molar-refractivity contribution in [3.8, 4) is 6.07 Å². The van der Waals surface area contributed by atoms with Gasteiger partial charge in [0.2, 0.25) is 0 Å². The number of hydrogen-bond donors (Lipinski definition) is 3. The second-order valence-corrected chi connectivity index (χ2v) is 7.74. The van der Waals surface area contributed by atoms with E-state index < -0.39 is 18.0 Å². The highest BCUT2D eigenvalue weighted by atomic mass is 16.4. The summed E-state index contributed by atoms with van der Waals surface area (Å²) in [6.45, 7) is 0. The molecule has 148 valence electrons. The molecule has 29 heavy (non-hydrogen) atoms. The number of urea groups is 1. The summed E-state index contributed by atoms with van der Waals surface area (Å²) in [5.74, 6) is -1.11. The van der Waals surface area contributed by atoms with E-state index in [0.717, 1.165) is 44.2 Å². The average Bonchev–Trinajstić information content (AvgIpc) is 3.36. The molecule has 0 fully saturated rings. The number of benzene rings is 2. The zero-order valence-corrected chi connectivity index (χ0v) is 16.1. The van der Waals surface area contributed by atoms with Crippen molar-refractivity contribution in [2.75, 3.05) is 5.32 Å². The SMILES string of the molecule is N#Cc1cccc(C[C@@H](NC(=O)Nc2c3c(cc4c2CCC4)CCC3)C(=O)O)c1. The molecule has 0 radical (unpaired) electrons. The summed E-state index contributed by atoms with van der Waals surface area (Å²) < 4.78 is 0. The number of nitrogens with one attached hydrogen (secondary N) is 2. The zero-order valence-electron chi connectivity index (χ0n) is 16.1. The molecule has 0 saturated carbocycles. The van der Waals surface area contributed by atoms with Gasteiger partial charge in [-0.2, -0.15) is 5.26 Å². The van der Waals surface area contributed by atoms with Crippen LogP contribution in [0.1, 0.15) is 46.2 Å². The van der Waals surface area contributed by atoms with Crippen molar-refractivity contribution in [1.82, 2.24) is 5.32 Å². The summed E-state index contributed by atoms with van der Waals surface area (Å²) in [4.78, 5) is 24.4. The number of fused-ring (bicyclic) bond motifs is 2. The van der Waals surface area contributed by atoms with Gasteiger partial charge in [0.05, 0.1) is 11.6 Å². The molecule has 0 spiro atoms. The van der Waals surface area contributed by atoms with Crippen LogP contribution in [0, 0.1) is 11.3 Å². The van der Waals surface area contributed by atoms with Gasteiger partial charge in [-0.3, -0.25) is 0 Å². The number of amides is 2.